The maximum atomic E-state index is 12.5. The first-order valence-electron chi connectivity index (χ1n) is 12.1. The molecule has 0 amide bonds. The van der Waals surface area contributed by atoms with Crippen molar-refractivity contribution in [2.75, 3.05) is 0 Å². The molecule has 3 rings (SSSR count). The average Bonchev–Trinajstić information content (AvgIpc) is 2.79. The minimum atomic E-state index is -0.0788. The summed E-state index contributed by atoms with van der Waals surface area (Å²) >= 11 is 4.60. The van der Waals surface area contributed by atoms with Gasteiger partial charge >= 0.3 is 5.97 Å². The van der Waals surface area contributed by atoms with E-state index in [-0.39, 0.29) is 11.9 Å². The van der Waals surface area contributed by atoms with E-state index in [0.717, 1.165) is 36.3 Å². The van der Waals surface area contributed by atoms with Gasteiger partial charge in [-0.15, -0.1) is 0 Å². The summed E-state index contributed by atoms with van der Waals surface area (Å²) in [6, 6.07) is 7.12. The van der Waals surface area contributed by atoms with Crippen molar-refractivity contribution in [1.29, 1.82) is 0 Å². The molecule has 0 atom stereocenters. The molecule has 2 aliphatic carbocycles. The van der Waals surface area contributed by atoms with Crippen molar-refractivity contribution in [1.82, 2.24) is 0 Å². The second-order valence-corrected chi connectivity index (χ2v) is 9.62. The fourth-order valence-corrected chi connectivity index (χ4v) is 5.41. The molecule has 2 saturated carbocycles. The van der Waals surface area contributed by atoms with Crippen LogP contribution in [-0.4, -0.2) is 11.1 Å². The monoisotopic (exact) mass is 427 g/mol. The van der Waals surface area contributed by atoms with Gasteiger partial charge in [-0.3, -0.25) is 4.79 Å². The van der Waals surface area contributed by atoms with Gasteiger partial charge in [0.1, 0.15) is 5.75 Å². The first-order chi connectivity index (χ1) is 14.7. The van der Waals surface area contributed by atoms with E-state index in [1.165, 1.54) is 70.6 Å². The van der Waals surface area contributed by atoms with E-state index in [2.05, 4.69) is 29.3 Å². The van der Waals surface area contributed by atoms with Crippen molar-refractivity contribution in [3.63, 3.8) is 0 Å². The lowest BCUT2D eigenvalue weighted by Gasteiger charge is -2.31. The van der Waals surface area contributed by atoms with Crippen molar-refractivity contribution >= 4 is 29.0 Å². The van der Waals surface area contributed by atoms with Crippen LogP contribution in [0.2, 0.25) is 0 Å². The Kier molecular flexibility index (Phi) is 9.55. The van der Waals surface area contributed by atoms with Crippen molar-refractivity contribution in [3.8, 4) is 5.75 Å². The quantitative estimate of drug-likeness (QED) is 0.174. The van der Waals surface area contributed by atoms with Gasteiger partial charge < -0.3 is 4.74 Å². The van der Waals surface area contributed by atoms with Crippen LogP contribution in [0.5, 0.6) is 5.75 Å². The Morgan fingerprint density at radius 2 is 1.47 bits per heavy atom. The molecule has 0 aliphatic heterocycles. The molecular weight excluding hydrogens is 390 g/mol. The second kappa shape index (κ2) is 12.4. The highest BCUT2D eigenvalue weighted by Gasteiger charge is 2.28. The third kappa shape index (κ3) is 7.32. The van der Waals surface area contributed by atoms with Crippen molar-refractivity contribution in [2.24, 2.45) is 28.7 Å². The molecular formula is C26H37NO2S. The third-order valence-corrected chi connectivity index (χ3v) is 7.42. The SMILES string of the molecule is CCCCC1CCC(CCC2CCC(C(=O)Oc3ccc(N=C=S)cc3)CC2)CC1. The normalized spacial score (nSPS) is 26.6. The minimum Gasteiger partial charge on any atom is -0.426 e. The van der Waals surface area contributed by atoms with E-state index < -0.39 is 0 Å². The number of benzene rings is 1. The van der Waals surface area contributed by atoms with Gasteiger partial charge in [0.25, 0.3) is 0 Å². The van der Waals surface area contributed by atoms with Crippen LogP contribution in [-0.2, 0) is 4.79 Å². The number of hydrogen-bond acceptors (Lipinski definition) is 4. The standard InChI is InChI=1S/C26H37NO2S/c1-2-3-4-20-5-7-21(8-6-20)9-10-22-11-13-23(14-12-22)26(28)29-25-17-15-24(16-18-25)27-19-30/h15-18,20-23H,2-14H2,1H3. The van der Waals surface area contributed by atoms with Crippen LogP contribution in [0, 0.1) is 23.7 Å². The largest absolute Gasteiger partial charge is 0.426 e. The highest BCUT2D eigenvalue weighted by Crippen LogP contribution is 2.38. The topological polar surface area (TPSA) is 38.7 Å². The van der Waals surface area contributed by atoms with E-state index in [1.54, 1.807) is 24.3 Å². The number of ether oxygens (including phenoxy) is 1. The first-order valence-corrected chi connectivity index (χ1v) is 12.5. The van der Waals surface area contributed by atoms with Crippen LogP contribution >= 0.6 is 12.2 Å². The number of thiocarbonyl (C=S) groups is 1. The molecule has 30 heavy (non-hydrogen) atoms. The van der Waals surface area contributed by atoms with Gasteiger partial charge in [0.15, 0.2) is 0 Å². The molecule has 1 aromatic carbocycles. The Balaban J connectivity index is 1.32. The maximum Gasteiger partial charge on any atom is 0.314 e. The lowest BCUT2D eigenvalue weighted by atomic mass is 9.75. The van der Waals surface area contributed by atoms with E-state index in [9.17, 15) is 4.79 Å². The zero-order chi connectivity index (χ0) is 21.2. The van der Waals surface area contributed by atoms with Crippen LogP contribution < -0.4 is 4.74 Å². The van der Waals surface area contributed by atoms with Crippen LogP contribution in [0.4, 0.5) is 5.69 Å². The molecule has 2 aliphatic rings. The number of aliphatic imine (C=N–C) groups is 1. The zero-order valence-corrected chi connectivity index (χ0v) is 19.3. The molecule has 2 fully saturated rings. The molecule has 0 N–H and O–H groups in total. The van der Waals surface area contributed by atoms with Crippen LogP contribution in [0.25, 0.3) is 0 Å². The summed E-state index contributed by atoms with van der Waals surface area (Å²) in [4.78, 5) is 16.4. The Labute approximate surface area is 187 Å². The van der Waals surface area contributed by atoms with Gasteiger partial charge in [-0.2, -0.15) is 4.99 Å². The number of isothiocyanates is 1. The van der Waals surface area contributed by atoms with Crippen molar-refractivity contribution < 1.29 is 9.53 Å². The van der Waals surface area contributed by atoms with E-state index in [1.807, 2.05) is 0 Å². The highest BCUT2D eigenvalue weighted by molar-refractivity contribution is 7.78. The number of carbonyl (C=O) groups excluding carboxylic acids is 1. The van der Waals surface area contributed by atoms with Gasteiger partial charge in [-0.05, 0) is 79.9 Å². The van der Waals surface area contributed by atoms with Crippen LogP contribution in [0.1, 0.15) is 90.4 Å². The van der Waals surface area contributed by atoms with Gasteiger partial charge in [0, 0.05) is 0 Å². The minimum absolute atomic E-state index is 0.0499. The van der Waals surface area contributed by atoms with Crippen molar-refractivity contribution in [2.45, 2.75) is 90.4 Å². The molecule has 0 unspecified atom stereocenters. The number of unbranched alkanes of at least 4 members (excludes halogenated alkanes) is 1. The van der Waals surface area contributed by atoms with Gasteiger partial charge in [0.05, 0.1) is 16.8 Å². The maximum absolute atomic E-state index is 12.5. The number of hydrogen-bond donors (Lipinski definition) is 0. The first kappa shape index (κ1) is 23.2. The predicted octanol–water partition coefficient (Wildman–Crippen LogP) is 7.91. The lowest BCUT2D eigenvalue weighted by molar-refractivity contribution is -0.140. The summed E-state index contributed by atoms with van der Waals surface area (Å²) in [6.45, 7) is 2.30. The molecule has 0 radical (unpaired) electrons. The Morgan fingerprint density at radius 3 is 2.00 bits per heavy atom. The molecule has 0 heterocycles. The Morgan fingerprint density at radius 1 is 0.933 bits per heavy atom. The number of rotatable bonds is 9. The number of carbonyl (C=O) groups is 1. The fraction of sp³-hybridized carbons (Fsp3) is 0.692. The molecule has 4 heteroatoms. The van der Waals surface area contributed by atoms with Crippen LogP contribution in [0.15, 0.2) is 29.3 Å². The number of nitrogens with zero attached hydrogens (tertiary/aromatic N) is 1. The summed E-state index contributed by atoms with van der Waals surface area (Å²) in [5.74, 6) is 3.32. The summed E-state index contributed by atoms with van der Waals surface area (Å²) in [6.07, 6.45) is 17.1. The molecule has 164 valence electrons. The molecule has 0 spiro atoms. The molecule has 0 saturated heterocycles. The fourth-order valence-electron chi connectivity index (χ4n) is 5.30. The van der Waals surface area contributed by atoms with Gasteiger partial charge in [-0.1, -0.05) is 64.7 Å². The number of esters is 1. The molecule has 0 bridgehead atoms. The predicted molar refractivity (Wildman–Crippen MR) is 126 cm³/mol. The molecule has 0 aromatic heterocycles. The highest BCUT2D eigenvalue weighted by atomic mass is 32.1. The molecule has 1 aromatic rings. The third-order valence-electron chi connectivity index (χ3n) is 7.33. The second-order valence-electron chi connectivity index (χ2n) is 9.44. The summed E-state index contributed by atoms with van der Waals surface area (Å²) in [7, 11) is 0. The van der Waals surface area contributed by atoms with Gasteiger partial charge in [0.2, 0.25) is 0 Å². The van der Waals surface area contributed by atoms with E-state index in [0.29, 0.717) is 5.75 Å². The van der Waals surface area contributed by atoms with Gasteiger partial charge in [-0.25, -0.2) is 0 Å². The Bertz CT molecular complexity index is 694. The Hall–Kier alpha value is -1.51. The summed E-state index contributed by atoms with van der Waals surface area (Å²) in [5.41, 5.74) is 0.722. The van der Waals surface area contributed by atoms with E-state index >= 15 is 0 Å². The summed E-state index contributed by atoms with van der Waals surface area (Å²) < 4.78 is 5.59. The molecule has 3 nitrogen and oxygen atoms in total. The zero-order valence-electron chi connectivity index (χ0n) is 18.5. The van der Waals surface area contributed by atoms with Crippen LogP contribution in [0.3, 0.4) is 0 Å². The van der Waals surface area contributed by atoms with E-state index in [4.69, 9.17) is 4.74 Å². The smallest absolute Gasteiger partial charge is 0.314 e. The summed E-state index contributed by atoms with van der Waals surface area (Å²) in [5, 5.41) is 2.34. The average molecular weight is 428 g/mol. The van der Waals surface area contributed by atoms with Crippen molar-refractivity contribution in [3.05, 3.63) is 24.3 Å². The lowest BCUT2D eigenvalue weighted by Crippen LogP contribution is -2.26.